The van der Waals surface area contributed by atoms with E-state index in [1.807, 2.05) is 6.08 Å². The highest BCUT2D eigenvalue weighted by Crippen LogP contribution is 2.18. The van der Waals surface area contributed by atoms with Crippen LogP contribution in [0, 0.1) is 0 Å². The van der Waals surface area contributed by atoms with Crippen molar-refractivity contribution in [2.75, 3.05) is 13.2 Å². The van der Waals surface area contributed by atoms with Crippen molar-refractivity contribution in [3.8, 4) is 0 Å². The van der Waals surface area contributed by atoms with Gasteiger partial charge in [0.1, 0.15) is 0 Å². The lowest BCUT2D eigenvalue weighted by Gasteiger charge is -2.20. The average Bonchev–Trinajstić information content (AvgIpc) is 3.31. The number of hydrogen-bond donors (Lipinski definition) is 3. The van der Waals surface area contributed by atoms with Gasteiger partial charge in [-0.25, -0.2) is 0 Å². The monoisotopic (exact) mass is 918 g/mol. The first-order chi connectivity index (χ1) is 32.0. The quantitative estimate of drug-likeness (QED) is 0.0321. The lowest BCUT2D eigenvalue weighted by molar-refractivity contribution is -0.143. The number of unbranched alkanes of at least 4 members (excludes halogenated alkanes) is 44. The van der Waals surface area contributed by atoms with Crippen LogP contribution in [0.5, 0.6) is 0 Å². The number of allylic oxidation sites excluding steroid dienone is 1. The SMILES string of the molecule is CCCCCCCCCCCC/C=C/C(O)C(CO)NC(=O)CCCCCCCCCCCCCCCCCCCCCOC(=O)CCCCCCCCCCCCCCCCCCC. The topological polar surface area (TPSA) is 95.9 Å². The van der Waals surface area contributed by atoms with E-state index >= 15 is 0 Å². The third kappa shape index (κ3) is 51.8. The third-order valence-corrected chi connectivity index (χ3v) is 13.8. The molecule has 3 N–H and O–H groups in total. The Kier molecular flexibility index (Phi) is 54.0. The van der Waals surface area contributed by atoms with Gasteiger partial charge in [0.2, 0.25) is 5.91 Å². The largest absolute Gasteiger partial charge is 0.466 e. The Morgan fingerprint density at radius 1 is 0.415 bits per heavy atom. The Balaban J connectivity index is 3.38. The van der Waals surface area contributed by atoms with E-state index < -0.39 is 12.1 Å². The van der Waals surface area contributed by atoms with Crippen LogP contribution in [-0.2, 0) is 14.3 Å². The maximum atomic E-state index is 12.4. The number of hydrogen-bond acceptors (Lipinski definition) is 5. The Bertz CT molecular complexity index is 970. The molecule has 6 nitrogen and oxygen atoms in total. The molecule has 0 aliphatic carbocycles. The molecule has 0 radical (unpaired) electrons. The number of carbonyl (C=O) groups excluding carboxylic acids is 2. The Labute approximate surface area is 406 Å². The highest BCUT2D eigenvalue weighted by atomic mass is 16.5. The van der Waals surface area contributed by atoms with Crippen LogP contribution in [-0.4, -0.2) is 47.4 Å². The van der Waals surface area contributed by atoms with E-state index in [4.69, 9.17) is 4.74 Å². The molecule has 0 aromatic carbocycles. The van der Waals surface area contributed by atoms with Crippen molar-refractivity contribution in [2.24, 2.45) is 0 Å². The number of carbonyl (C=O) groups is 2. The van der Waals surface area contributed by atoms with Crippen LogP contribution in [0.15, 0.2) is 12.2 Å². The van der Waals surface area contributed by atoms with E-state index in [9.17, 15) is 19.8 Å². The standard InChI is InChI=1S/C59H115NO5/c1-3-5-7-9-11-13-15-17-18-22-26-29-33-37-41-45-49-53-59(64)65-54-50-46-42-38-34-30-27-24-21-19-20-23-25-28-32-36-40-44-48-52-58(63)60-56(55-61)57(62)51-47-43-39-35-31-16-14-12-10-8-6-4-2/h47,51,56-57,61-62H,3-46,48-50,52-55H2,1-2H3,(H,60,63)/b51-47+. The summed E-state index contributed by atoms with van der Waals surface area (Å²) in [6.45, 7) is 4.91. The molecule has 0 saturated heterocycles. The summed E-state index contributed by atoms with van der Waals surface area (Å²) in [7, 11) is 0. The van der Waals surface area contributed by atoms with Crippen LogP contribution < -0.4 is 5.32 Å². The van der Waals surface area contributed by atoms with Crippen LogP contribution >= 0.6 is 0 Å². The number of aliphatic hydroxyl groups excluding tert-OH is 2. The molecular formula is C59H115NO5. The van der Waals surface area contributed by atoms with Gasteiger partial charge >= 0.3 is 5.97 Å². The van der Waals surface area contributed by atoms with Crippen molar-refractivity contribution in [2.45, 2.75) is 341 Å². The molecule has 386 valence electrons. The minimum atomic E-state index is -0.844. The Morgan fingerprint density at radius 2 is 0.708 bits per heavy atom. The highest BCUT2D eigenvalue weighted by molar-refractivity contribution is 5.76. The normalized spacial score (nSPS) is 12.6. The first-order valence-electron chi connectivity index (χ1n) is 29.5. The van der Waals surface area contributed by atoms with Crippen molar-refractivity contribution in [1.29, 1.82) is 0 Å². The zero-order valence-corrected chi connectivity index (χ0v) is 44.0. The second kappa shape index (κ2) is 55.2. The number of rotatable bonds is 55. The summed E-state index contributed by atoms with van der Waals surface area (Å²) in [5, 5.41) is 23.0. The summed E-state index contributed by atoms with van der Waals surface area (Å²) >= 11 is 0. The van der Waals surface area contributed by atoms with Gasteiger partial charge in [-0.1, -0.05) is 296 Å². The van der Waals surface area contributed by atoms with E-state index in [0.29, 0.717) is 19.4 Å². The molecule has 0 saturated carbocycles. The van der Waals surface area contributed by atoms with E-state index in [2.05, 4.69) is 19.2 Å². The van der Waals surface area contributed by atoms with Gasteiger partial charge in [0.25, 0.3) is 0 Å². The number of amides is 1. The van der Waals surface area contributed by atoms with Gasteiger partial charge in [-0.05, 0) is 32.1 Å². The van der Waals surface area contributed by atoms with E-state index in [1.165, 1.54) is 263 Å². The van der Waals surface area contributed by atoms with Crippen LogP contribution in [0.4, 0.5) is 0 Å². The second-order valence-corrected chi connectivity index (χ2v) is 20.3. The van der Waals surface area contributed by atoms with E-state index in [-0.39, 0.29) is 18.5 Å². The summed E-state index contributed by atoms with van der Waals surface area (Å²) in [4.78, 5) is 24.5. The summed E-state index contributed by atoms with van der Waals surface area (Å²) in [6.07, 6.45) is 65.2. The summed E-state index contributed by atoms with van der Waals surface area (Å²) < 4.78 is 5.49. The van der Waals surface area contributed by atoms with Gasteiger partial charge in [0, 0.05) is 12.8 Å². The molecule has 0 spiro atoms. The van der Waals surface area contributed by atoms with E-state index in [1.54, 1.807) is 6.08 Å². The number of ether oxygens (including phenoxy) is 1. The van der Waals surface area contributed by atoms with Crippen molar-refractivity contribution >= 4 is 11.9 Å². The fourth-order valence-electron chi connectivity index (χ4n) is 9.28. The van der Waals surface area contributed by atoms with Crippen molar-refractivity contribution in [3.63, 3.8) is 0 Å². The summed E-state index contributed by atoms with van der Waals surface area (Å²) in [5.41, 5.74) is 0. The zero-order valence-electron chi connectivity index (χ0n) is 44.0. The number of esters is 1. The molecule has 0 rings (SSSR count). The van der Waals surface area contributed by atoms with Gasteiger partial charge in [-0.3, -0.25) is 9.59 Å². The molecule has 0 fully saturated rings. The molecule has 2 atom stereocenters. The molecular weight excluding hydrogens is 803 g/mol. The molecule has 0 heterocycles. The number of nitrogens with one attached hydrogen (secondary N) is 1. The van der Waals surface area contributed by atoms with Gasteiger partial charge in [0.15, 0.2) is 0 Å². The molecule has 65 heavy (non-hydrogen) atoms. The third-order valence-electron chi connectivity index (χ3n) is 13.8. The molecule has 1 amide bonds. The van der Waals surface area contributed by atoms with E-state index in [0.717, 1.165) is 38.5 Å². The van der Waals surface area contributed by atoms with Crippen molar-refractivity contribution in [1.82, 2.24) is 5.32 Å². The molecule has 2 unspecified atom stereocenters. The first-order valence-corrected chi connectivity index (χ1v) is 29.5. The first kappa shape index (κ1) is 63.6. The lowest BCUT2D eigenvalue weighted by atomic mass is 10.0. The van der Waals surface area contributed by atoms with Gasteiger partial charge in [-0.15, -0.1) is 0 Å². The van der Waals surface area contributed by atoms with Crippen molar-refractivity contribution in [3.05, 3.63) is 12.2 Å². The van der Waals surface area contributed by atoms with Gasteiger partial charge < -0.3 is 20.3 Å². The predicted molar refractivity (Wildman–Crippen MR) is 283 cm³/mol. The highest BCUT2D eigenvalue weighted by Gasteiger charge is 2.18. The van der Waals surface area contributed by atoms with Crippen LogP contribution in [0.3, 0.4) is 0 Å². The average molecular weight is 919 g/mol. The summed E-state index contributed by atoms with van der Waals surface area (Å²) in [6, 6.07) is -0.628. The Morgan fingerprint density at radius 3 is 1.05 bits per heavy atom. The van der Waals surface area contributed by atoms with Crippen LogP contribution in [0.25, 0.3) is 0 Å². The number of aliphatic hydroxyl groups is 2. The minimum Gasteiger partial charge on any atom is -0.466 e. The van der Waals surface area contributed by atoms with Gasteiger partial charge in [-0.2, -0.15) is 0 Å². The zero-order chi connectivity index (χ0) is 47.2. The maximum absolute atomic E-state index is 12.4. The van der Waals surface area contributed by atoms with Crippen molar-refractivity contribution < 1.29 is 24.5 Å². The minimum absolute atomic E-state index is 0.0126. The maximum Gasteiger partial charge on any atom is 0.305 e. The molecule has 0 aromatic rings. The Hall–Kier alpha value is -1.40. The van der Waals surface area contributed by atoms with Gasteiger partial charge in [0.05, 0.1) is 25.4 Å². The lowest BCUT2D eigenvalue weighted by Crippen LogP contribution is -2.45. The van der Waals surface area contributed by atoms with Crippen LogP contribution in [0.2, 0.25) is 0 Å². The fourth-order valence-corrected chi connectivity index (χ4v) is 9.28. The predicted octanol–water partition coefficient (Wildman–Crippen LogP) is 18.1. The smallest absolute Gasteiger partial charge is 0.305 e. The fraction of sp³-hybridized carbons (Fsp3) is 0.932. The molecule has 6 heteroatoms. The second-order valence-electron chi connectivity index (χ2n) is 20.3. The molecule has 0 aliphatic heterocycles. The van der Waals surface area contributed by atoms with Crippen LogP contribution in [0.1, 0.15) is 328 Å². The molecule has 0 aliphatic rings. The molecule has 0 bridgehead atoms. The molecule has 0 aromatic heterocycles. The summed E-state index contributed by atoms with van der Waals surface area (Å²) in [5.74, 6) is -0.0575.